The maximum absolute atomic E-state index is 5.84. The van der Waals surface area contributed by atoms with Gasteiger partial charge in [0.05, 0.1) is 17.9 Å². The standard InChI is InChI=1S/C11H19N5.ClH/c1-16(2)6-5-15-11(14)8-3-4-9(12)10(13)7-8;/h3-4,7H,5-6,12-13H2,1-2H3,(H2,14,15);1H. The van der Waals surface area contributed by atoms with Crippen LogP contribution in [0.3, 0.4) is 0 Å². The number of nitrogen functional groups attached to an aromatic ring is 2. The van der Waals surface area contributed by atoms with Crippen molar-refractivity contribution in [2.45, 2.75) is 0 Å². The summed E-state index contributed by atoms with van der Waals surface area (Å²) in [6, 6.07) is 5.29. The van der Waals surface area contributed by atoms with Crippen LogP contribution in [0.15, 0.2) is 23.2 Å². The van der Waals surface area contributed by atoms with E-state index in [9.17, 15) is 0 Å². The number of hydrogen-bond acceptors (Lipinski definition) is 4. The molecule has 5 nitrogen and oxygen atoms in total. The van der Waals surface area contributed by atoms with E-state index in [1.165, 1.54) is 0 Å². The van der Waals surface area contributed by atoms with Crippen LogP contribution in [0.5, 0.6) is 0 Å². The molecule has 1 rings (SSSR count). The van der Waals surface area contributed by atoms with E-state index < -0.39 is 0 Å². The molecule has 0 aromatic heterocycles. The van der Waals surface area contributed by atoms with E-state index in [0.717, 1.165) is 12.1 Å². The number of likely N-dealkylation sites (N-methyl/N-ethyl adjacent to an activating group) is 1. The summed E-state index contributed by atoms with van der Waals surface area (Å²) in [5, 5.41) is 0. The number of aliphatic imine (C=N–C) groups is 1. The Morgan fingerprint density at radius 3 is 2.41 bits per heavy atom. The van der Waals surface area contributed by atoms with E-state index in [1.807, 2.05) is 25.1 Å². The van der Waals surface area contributed by atoms with Crippen molar-refractivity contribution in [3.05, 3.63) is 23.8 Å². The van der Waals surface area contributed by atoms with Crippen LogP contribution in [-0.2, 0) is 0 Å². The van der Waals surface area contributed by atoms with E-state index in [-0.39, 0.29) is 12.4 Å². The average molecular weight is 258 g/mol. The minimum Gasteiger partial charge on any atom is -0.397 e. The quantitative estimate of drug-likeness (QED) is 0.417. The zero-order valence-corrected chi connectivity index (χ0v) is 11.0. The van der Waals surface area contributed by atoms with Gasteiger partial charge in [-0.1, -0.05) is 0 Å². The van der Waals surface area contributed by atoms with Gasteiger partial charge in [-0.3, -0.25) is 4.99 Å². The molecular formula is C11H20ClN5. The summed E-state index contributed by atoms with van der Waals surface area (Å²) in [6.07, 6.45) is 0. The molecule has 1 aromatic rings. The van der Waals surface area contributed by atoms with Gasteiger partial charge in [-0.05, 0) is 32.3 Å². The summed E-state index contributed by atoms with van der Waals surface area (Å²) in [6.45, 7) is 1.54. The summed E-state index contributed by atoms with van der Waals surface area (Å²) in [4.78, 5) is 6.31. The zero-order chi connectivity index (χ0) is 12.1. The van der Waals surface area contributed by atoms with Crippen LogP contribution in [0.25, 0.3) is 0 Å². The molecule has 0 heterocycles. The van der Waals surface area contributed by atoms with Crippen LogP contribution in [0.4, 0.5) is 11.4 Å². The number of benzene rings is 1. The van der Waals surface area contributed by atoms with Gasteiger partial charge in [-0.25, -0.2) is 0 Å². The second kappa shape index (κ2) is 6.98. The summed E-state index contributed by atoms with van der Waals surface area (Å²) in [5.74, 6) is 0.494. The van der Waals surface area contributed by atoms with Crippen molar-refractivity contribution in [2.75, 3.05) is 38.7 Å². The Hall–Kier alpha value is -1.46. The monoisotopic (exact) mass is 257 g/mol. The molecule has 6 heteroatoms. The minimum absolute atomic E-state index is 0. The van der Waals surface area contributed by atoms with Crippen molar-refractivity contribution < 1.29 is 0 Å². The van der Waals surface area contributed by atoms with Crippen molar-refractivity contribution in [1.82, 2.24) is 4.90 Å². The fourth-order valence-corrected chi connectivity index (χ4v) is 1.20. The Kier molecular flexibility index (Phi) is 6.38. The summed E-state index contributed by atoms with van der Waals surface area (Å²) in [7, 11) is 3.99. The largest absolute Gasteiger partial charge is 0.397 e. The number of rotatable bonds is 4. The van der Waals surface area contributed by atoms with Crippen molar-refractivity contribution in [3.8, 4) is 0 Å². The normalized spacial score (nSPS) is 11.4. The predicted octanol–water partition coefficient (Wildman–Crippen LogP) is 0.540. The molecule has 0 fully saturated rings. The Morgan fingerprint density at radius 2 is 1.88 bits per heavy atom. The second-order valence-corrected chi connectivity index (χ2v) is 3.91. The number of nitrogens with zero attached hydrogens (tertiary/aromatic N) is 2. The molecule has 96 valence electrons. The lowest BCUT2D eigenvalue weighted by Gasteiger charge is -2.08. The topological polar surface area (TPSA) is 93.7 Å². The molecule has 0 saturated carbocycles. The highest BCUT2D eigenvalue weighted by Gasteiger charge is 2.01. The van der Waals surface area contributed by atoms with Crippen LogP contribution in [0, 0.1) is 0 Å². The Bertz CT molecular complexity index is 389. The minimum atomic E-state index is 0. The first kappa shape index (κ1) is 15.5. The van der Waals surface area contributed by atoms with Gasteiger partial charge in [0.2, 0.25) is 0 Å². The van der Waals surface area contributed by atoms with Crippen LogP contribution >= 0.6 is 12.4 Å². The van der Waals surface area contributed by atoms with Crippen molar-refractivity contribution >= 4 is 29.6 Å². The molecule has 0 unspecified atom stereocenters. The molecule has 0 aliphatic carbocycles. The Morgan fingerprint density at radius 1 is 1.24 bits per heavy atom. The first-order valence-corrected chi connectivity index (χ1v) is 5.10. The van der Waals surface area contributed by atoms with E-state index in [0.29, 0.717) is 23.8 Å². The molecule has 0 atom stereocenters. The van der Waals surface area contributed by atoms with Crippen molar-refractivity contribution in [1.29, 1.82) is 0 Å². The smallest absolute Gasteiger partial charge is 0.125 e. The molecule has 1 aromatic carbocycles. The van der Waals surface area contributed by atoms with Crippen molar-refractivity contribution in [2.24, 2.45) is 10.7 Å². The molecule has 0 saturated heterocycles. The van der Waals surface area contributed by atoms with Crippen LogP contribution in [0.2, 0.25) is 0 Å². The van der Waals surface area contributed by atoms with Crippen LogP contribution in [0.1, 0.15) is 5.56 Å². The molecule has 6 N–H and O–H groups in total. The maximum atomic E-state index is 5.84. The lowest BCUT2D eigenvalue weighted by atomic mass is 10.1. The molecule has 0 amide bonds. The van der Waals surface area contributed by atoms with Crippen molar-refractivity contribution in [3.63, 3.8) is 0 Å². The number of hydrogen-bond donors (Lipinski definition) is 3. The van der Waals surface area contributed by atoms with E-state index in [1.54, 1.807) is 12.1 Å². The third-order valence-corrected chi connectivity index (χ3v) is 2.21. The molecular weight excluding hydrogens is 238 g/mol. The van der Waals surface area contributed by atoms with E-state index in [4.69, 9.17) is 17.2 Å². The molecule has 17 heavy (non-hydrogen) atoms. The molecule has 0 radical (unpaired) electrons. The van der Waals surface area contributed by atoms with E-state index in [2.05, 4.69) is 4.99 Å². The maximum Gasteiger partial charge on any atom is 0.125 e. The number of anilines is 2. The Balaban J connectivity index is 0.00000256. The first-order valence-electron chi connectivity index (χ1n) is 5.10. The van der Waals surface area contributed by atoms with Gasteiger partial charge in [0.15, 0.2) is 0 Å². The molecule has 0 bridgehead atoms. The number of amidine groups is 1. The number of halogens is 1. The second-order valence-electron chi connectivity index (χ2n) is 3.91. The average Bonchev–Trinajstić information content (AvgIpc) is 2.21. The van der Waals surface area contributed by atoms with Gasteiger partial charge in [0, 0.05) is 12.1 Å². The zero-order valence-electron chi connectivity index (χ0n) is 10.2. The third-order valence-electron chi connectivity index (χ3n) is 2.21. The third kappa shape index (κ3) is 4.93. The van der Waals surface area contributed by atoms with Gasteiger partial charge in [-0.2, -0.15) is 0 Å². The summed E-state index contributed by atoms with van der Waals surface area (Å²) < 4.78 is 0. The highest BCUT2D eigenvalue weighted by Crippen LogP contribution is 2.15. The fraction of sp³-hybridized carbons (Fsp3) is 0.364. The fourth-order valence-electron chi connectivity index (χ4n) is 1.20. The summed E-state index contributed by atoms with van der Waals surface area (Å²) >= 11 is 0. The van der Waals surface area contributed by atoms with Gasteiger partial charge >= 0.3 is 0 Å². The van der Waals surface area contributed by atoms with Gasteiger partial charge < -0.3 is 22.1 Å². The molecule has 0 aliphatic rings. The number of nitrogens with two attached hydrogens (primary N) is 3. The highest BCUT2D eigenvalue weighted by atomic mass is 35.5. The molecule has 0 aliphatic heterocycles. The lowest BCUT2D eigenvalue weighted by molar-refractivity contribution is 0.420. The first-order chi connectivity index (χ1) is 7.50. The van der Waals surface area contributed by atoms with Gasteiger partial charge in [0.25, 0.3) is 0 Å². The van der Waals surface area contributed by atoms with Gasteiger partial charge in [-0.15, -0.1) is 12.4 Å². The molecule has 0 spiro atoms. The summed E-state index contributed by atoms with van der Waals surface area (Å²) in [5.41, 5.74) is 19.0. The Labute approximate surface area is 108 Å². The van der Waals surface area contributed by atoms with Crippen LogP contribution < -0.4 is 17.2 Å². The van der Waals surface area contributed by atoms with E-state index >= 15 is 0 Å². The SMILES string of the molecule is CN(C)CCN=C(N)c1ccc(N)c(N)c1.Cl. The predicted molar refractivity (Wildman–Crippen MR) is 76.7 cm³/mol. The highest BCUT2D eigenvalue weighted by molar-refractivity contribution is 5.98. The van der Waals surface area contributed by atoms with Gasteiger partial charge in [0.1, 0.15) is 5.84 Å². The lowest BCUT2D eigenvalue weighted by Crippen LogP contribution is -2.19. The van der Waals surface area contributed by atoms with Crippen LogP contribution in [-0.4, -0.2) is 37.9 Å².